The van der Waals surface area contributed by atoms with Crippen LogP contribution in [0.25, 0.3) is 11.4 Å². The summed E-state index contributed by atoms with van der Waals surface area (Å²) in [6.07, 6.45) is -4.50. The van der Waals surface area contributed by atoms with Gasteiger partial charge < -0.3 is 5.73 Å². The largest absolute Gasteiger partial charge is 0.413 e. The molecule has 1 aromatic heterocycles. The molecule has 5 nitrogen and oxygen atoms in total. The molecular formula is C10H10F3N5. The lowest BCUT2D eigenvalue weighted by Crippen LogP contribution is -2.34. The number of hydrogen-bond donors (Lipinski definition) is 1. The molecule has 1 aromatic carbocycles. The molecule has 0 saturated heterocycles. The number of hydrogen-bond acceptors (Lipinski definition) is 4. The summed E-state index contributed by atoms with van der Waals surface area (Å²) >= 11 is 0. The number of halogens is 3. The monoisotopic (exact) mass is 257 g/mol. The predicted octanol–water partition coefficient (Wildman–Crippen LogP) is 1.40. The Kier molecular flexibility index (Phi) is 3.28. The molecule has 0 aliphatic rings. The highest BCUT2D eigenvalue weighted by molar-refractivity contribution is 5.52. The molecule has 0 amide bonds. The average molecular weight is 257 g/mol. The molecule has 0 fully saturated rings. The Hall–Kier alpha value is -1.96. The van der Waals surface area contributed by atoms with Crippen LogP contribution in [0.15, 0.2) is 30.3 Å². The number of nitrogens with two attached hydrogens (primary N) is 1. The number of tetrazole rings is 1. The van der Waals surface area contributed by atoms with Crippen LogP contribution in [-0.4, -0.2) is 32.9 Å². The van der Waals surface area contributed by atoms with Gasteiger partial charge in [0.05, 0.1) is 0 Å². The standard InChI is InChI=1S/C10H10F3N5/c11-10(12,13)8(6-14)18-16-9(15-17-18)7-4-2-1-3-5-7/h1-5,8H,6,14H2. The molecule has 2 aromatic rings. The first-order chi connectivity index (χ1) is 8.52. The maximum atomic E-state index is 12.6. The van der Waals surface area contributed by atoms with Crippen LogP contribution in [0.2, 0.25) is 0 Å². The van der Waals surface area contributed by atoms with E-state index in [1.165, 1.54) is 0 Å². The van der Waals surface area contributed by atoms with Crippen LogP contribution < -0.4 is 5.73 Å². The van der Waals surface area contributed by atoms with Crippen molar-refractivity contribution in [3.63, 3.8) is 0 Å². The van der Waals surface area contributed by atoms with Crippen molar-refractivity contribution in [1.29, 1.82) is 0 Å². The lowest BCUT2D eigenvalue weighted by Gasteiger charge is -2.16. The van der Waals surface area contributed by atoms with Gasteiger partial charge in [0.25, 0.3) is 0 Å². The molecule has 1 heterocycles. The molecule has 1 unspecified atom stereocenters. The average Bonchev–Trinajstić information content (AvgIpc) is 2.78. The summed E-state index contributed by atoms with van der Waals surface area (Å²) in [4.78, 5) is 0.502. The van der Waals surface area contributed by atoms with E-state index in [2.05, 4.69) is 15.4 Å². The fourth-order valence-electron chi connectivity index (χ4n) is 1.42. The van der Waals surface area contributed by atoms with Gasteiger partial charge in [0.1, 0.15) is 0 Å². The van der Waals surface area contributed by atoms with E-state index in [9.17, 15) is 13.2 Å². The fourth-order valence-corrected chi connectivity index (χ4v) is 1.42. The summed E-state index contributed by atoms with van der Waals surface area (Å²) < 4.78 is 37.8. The quantitative estimate of drug-likeness (QED) is 0.902. The summed E-state index contributed by atoms with van der Waals surface area (Å²) in [7, 11) is 0. The SMILES string of the molecule is NCC(n1nnc(-c2ccccc2)n1)C(F)(F)F. The van der Waals surface area contributed by atoms with Gasteiger partial charge >= 0.3 is 6.18 Å². The van der Waals surface area contributed by atoms with E-state index in [1.54, 1.807) is 30.3 Å². The predicted molar refractivity (Wildman–Crippen MR) is 57.4 cm³/mol. The minimum absolute atomic E-state index is 0.137. The molecule has 0 bridgehead atoms. The zero-order chi connectivity index (χ0) is 13.2. The zero-order valence-corrected chi connectivity index (χ0v) is 9.17. The van der Waals surface area contributed by atoms with E-state index in [-0.39, 0.29) is 5.82 Å². The second-order valence-electron chi connectivity index (χ2n) is 3.59. The molecule has 2 rings (SSSR count). The maximum absolute atomic E-state index is 12.6. The van der Waals surface area contributed by atoms with Crippen LogP contribution >= 0.6 is 0 Å². The van der Waals surface area contributed by atoms with Crippen molar-refractivity contribution in [1.82, 2.24) is 20.2 Å². The van der Waals surface area contributed by atoms with E-state index in [4.69, 9.17) is 5.73 Å². The highest BCUT2D eigenvalue weighted by Crippen LogP contribution is 2.28. The number of rotatable bonds is 3. The first-order valence-corrected chi connectivity index (χ1v) is 5.14. The molecule has 0 saturated carbocycles. The number of alkyl halides is 3. The second kappa shape index (κ2) is 4.73. The highest BCUT2D eigenvalue weighted by Gasteiger charge is 2.42. The summed E-state index contributed by atoms with van der Waals surface area (Å²) in [5, 5.41) is 10.7. The molecule has 2 N–H and O–H groups in total. The molecule has 1 atom stereocenters. The van der Waals surface area contributed by atoms with Gasteiger partial charge in [0.2, 0.25) is 5.82 Å². The van der Waals surface area contributed by atoms with Gasteiger partial charge in [0, 0.05) is 12.1 Å². The van der Waals surface area contributed by atoms with E-state index < -0.39 is 18.8 Å². The molecule has 0 aliphatic heterocycles. The third-order valence-electron chi connectivity index (χ3n) is 2.34. The van der Waals surface area contributed by atoms with Crippen molar-refractivity contribution >= 4 is 0 Å². The van der Waals surface area contributed by atoms with Crippen LogP contribution in [0.4, 0.5) is 13.2 Å². The molecular weight excluding hydrogens is 247 g/mol. The lowest BCUT2D eigenvalue weighted by molar-refractivity contribution is -0.170. The van der Waals surface area contributed by atoms with E-state index in [0.717, 1.165) is 0 Å². The van der Waals surface area contributed by atoms with Gasteiger partial charge in [-0.1, -0.05) is 30.3 Å². The fraction of sp³-hybridized carbons (Fsp3) is 0.300. The summed E-state index contributed by atoms with van der Waals surface area (Å²) in [5.41, 5.74) is 5.69. The Balaban J connectivity index is 2.31. The van der Waals surface area contributed by atoms with Crippen LogP contribution in [0, 0.1) is 0 Å². The smallest absolute Gasteiger partial charge is 0.328 e. The molecule has 96 valence electrons. The van der Waals surface area contributed by atoms with Crippen molar-refractivity contribution in [2.75, 3.05) is 6.54 Å². The number of aromatic nitrogens is 4. The molecule has 8 heteroatoms. The maximum Gasteiger partial charge on any atom is 0.413 e. The molecule has 0 spiro atoms. The molecule has 0 aliphatic carbocycles. The van der Waals surface area contributed by atoms with Gasteiger partial charge in [-0.25, -0.2) is 0 Å². The Morgan fingerprint density at radius 1 is 1.22 bits per heavy atom. The molecule has 0 radical (unpaired) electrons. The Bertz CT molecular complexity index is 508. The first-order valence-electron chi connectivity index (χ1n) is 5.14. The minimum atomic E-state index is -4.50. The molecule has 18 heavy (non-hydrogen) atoms. The van der Waals surface area contributed by atoms with E-state index in [1.807, 2.05) is 0 Å². The Morgan fingerprint density at radius 2 is 1.89 bits per heavy atom. The van der Waals surface area contributed by atoms with Crippen molar-refractivity contribution in [3.05, 3.63) is 30.3 Å². The Morgan fingerprint density at radius 3 is 2.44 bits per heavy atom. The van der Waals surface area contributed by atoms with Gasteiger partial charge in [-0.05, 0) is 5.21 Å². The number of benzene rings is 1. The van der Waals surface area contributed by atoms with Crippen molar-refractivity contribution in [3.8, 4) is 11.4 Å². The van der Waals surface area contributed by atoms with E-state index >= 15 is 0 Å². The third kappa shape index (κ3) is 2.48. The van der Waals surface area contributed by atoms with Gasteiger partial charge in [0.15, 0.2) is 6.04 Å². The van der Waals surface area contributed by atoms with Crippen molar-refractivity contribution in [2.24, 2.45) is 5.73 Å². The lowest BCUT2D eigenvalue weighted by atomic mass is 10.2. The van der Waals surface area contributed by atoms with Crippen LogP contribution in [0.1, 0.15) is 6.04 Å². The van der Waals surface area contributed by atoms with Crippen LogP contribution in [0.3, 0.4) is 0 Å². The zero-order valence-electron chi connectivity index (χ0n) is 9.17. The van der Waals surface area contributed by atoms with Gasteiger partial charge in [-0.3, -0.25) is 0 Å². The topological polar surface area (TPSA) is 69.6 Å². The normalized spacial score (nSPS) is 13.6. The Labute approximate surface area is 100 Å². The summed E-state index contributed by atoms with van der Waals surface area (Å²) in [6, 6.07) is 6.67. The summed E-state index contributed by atoms with van der Waals surface area (Å²) in [5.74, 6) is 0.137. The van der Waals surface area contributed by atoms with Crippen LogP contribution in [0.5, 0.6) is 0 Å². The second-order valence-corrected chi connectivity index (χ2v) is 3.59. The van der Waals surface area contributed by atoms with Gasteiger partial charge in [-0.2, -0.15) is 18.0 Å². The van der Waals surface area contributed by atoms with Crippen molar-refractivity contribution in [2.45, 2.75) is 12.2 Å². The van der Waals surface area contributed by atoms with Gasteiger partial charge in [-0.15, -0.1) is 10.2 Å². The third-order valence-corrected chi connectivity index (χ3v) is 2.34. The van der Waals surface area contributed by atoms with Crippen molar-refractivity contribution < 1.29 is 13.2 Å². The van der Waals surface area contributed by atoms with Crippen LogP contribution in [-0.2, 0) is 0 Å². The number of nitrogens with zero attached hydrogens (tertiary/aromatic N) is 4. The summed E-state index contributed by atoms with van der Waals surface area (Å²) in [6.45, 7) is -0.631. The van der Waals surface area contributed by atoms with E-state index in [0.29, 0.717) is 10.4 Å². The first kappa shape index (κ1) is 12.5. The minimum Gasteiger partial charge on any atom is -0.328 e. The highest BCUT2D eigenvalue weighted by atomic mass is 19.4.